The highest BCUT2D eigenvalue weighted by Crippen LogP contribution is 2.45. The van der Waals surface area contributed by atoms with Crippen molar-refractivity contribution in [2.45, 2.75) is 69.2 Å². The number of benzene rings is 1. The standard InChI is InChI=1S/C21H27N5O3S/c1-2-12-7-8-14-11-13-5-3-6-15(13)17(16(12)14)24-20(27)18-19(30(22,23)28)21-26(25-18)9-4-10-29-21/h11-12H,2-10H2,1H3,(H,24,27)(H3,22,23,28)/t12-/m0/s1. The molecule has 4 N–H and O–H groups in total. The van der Waals surface area contributed by atoms with Gasteiger partial charge >= 0.3 is 0 Å². The zero-order chi connectivity index (χ0) is 21.0. The maximum atomic E-state index is 13.4. The van der Waals surface area contributed by atoms with E-state index in [4.69, 9.17) is 14.7 Å². The highest BCUT2D eigenvalue weighted by Gasteiger charge is 2.34. The third kappa shape index (κ3) is 3.02. The molecular weight excluding hydrogens is 402 g/mol. The van der Waals surface area contributed by atoms with Gasteiger partial charge in [-0.15, -0.1) is 0 Å². The molecule has 2 aliphatic carbocycles. The third-order valence-corrected chi connectivity index (χ3v) is 7.54. The molecule has 2 aromatic rings. The Morgan fingerprint density at radius 3 is 2.97 bits per heavy atom. The summed E-state index contributed by atoms with van der Waals surface area (Å²) < 4.78 is 27.5. The Bertz CT molecular complexity index is 1150. The summed E-state index contributed by atoms with van der Waals surface area (Å²) in [6.45, 7) is 3.15. The van der Waals surface area contributed by atoms with Crippen molar-refractivity contribution in [3.63, 3.8) is 0 Å². The van der Waals surface area contributed by atoms with Gasteiger partial charge in [0.25, 0.3) is 5.91 Å². The van der Waals surface area contributed by atoms with E-state index in [-0.39, 0.29) is 16.5 Å². The van der Waals surface area contributed by atoms with Crippen LogP contribution in [-0.2, 0) is 35.7 Å². The number of ether oxygens (including phenoxy) is 1. The maximum Gasteiger partial charge on any atom is 0.277 e. The van der Waals surface area contributed by atoms with Gasteiger partial charge in [0.2, 0.25) is 5.88 Å². The van der Waals surface area contributed by atoms with E-state index < -0.39 is 15.8 Å². The van der Waals surface area contributed by atoms with E-state index in [9.17, 15) is 9.00 Å². The van der Waals surface area contributed by atoms with Crippen LogP contribution in [0.4, 0.5) is 5.69 Å². The molecule has 1 amide bonds. The van der Waals surface area contributed by atoms with Crippen molar-refractivity contribution in [2.24, 2.45) is 5.14 Å². The number of aryl methyl sites for hydroxylation is 3. The average molecular weight is 430 g/mol. The molecule has 0 saturated carbocycles. The fraction of sp³-hybridized carbons (Fsp3) is 0.524. The molecule has 9 heteroatoms. The Hall–Kier alpha value is -2.39. The van der Waals surface area contributed by atoms with E-state index >= 15 is 0 Å². The molecule has 1 aliphatic heterocycles. The maximum absolute atomic E-state index is 13.4. The number of anilines is 1. The van der Waals surface area contributed by atoms with Gasteiger partial charge in [0.15, 0.2) is 10.6 Å². The van der Waals surface area contributed by atoms with Crippen molar-refractivity contribution < 1.29 is 13.7 Å². The SMILES string of the molecule is CC[C@H]1CCc2cc3c(c(NC(=O)c4nn5c(c4S(=N)(N)=O)OCCC5)c21)CCC3. The Balaban J connectivity index is 1.61. The summed E-state index contributed by atoms with van der Waals surface area (Å²) in [5, 5.41) is 13.1. The Labute approximate surface area is 176 Å². The first kappa shape index (κ1) is 19.6. The number of fused-ring (bicyclic) bond motifs is 3. The van der Waals surface area contributed by atoms with Gasteiger partial charge in [0.05, 0.1) is 6.61 Å². The second-order valence-electron chi connectivity index (χ2n) is 8.42. The lowest BCUT2D eigenvalue weighted by Crippen LogP contribution is -2.21. The number of nitrogens with zero attached hydrogens (tertiary/aromatic N) is 2. The van der Waals surface area contributed by atoms with Crippen molar-refractivity contribution in [3.8, 4) is 5.88 Å². The van der Waals surface area contributed by atoms with Crippen molar-refractivity contribution in [1.29, 1.82) is 4.78 Å². The van der Waals surface area contributed by atoms with Crippen LogP contribution in [0.2, 0.25) is 0 Å². The van der Waals surface area contributed by atoms with E-state index in [0.717, 1.165) is 50.6 Å². The Kier molecular flexibility index (Phi) is 4.62. The zero-order valence-electron chi connectivity index (χ0n) is 17.1. The largest absolute Gasteiger partial charge is 0.477 e. The molecule has 1 aromatic carbocycles. The van der Waals surface area contributed by atoms with Crippen LogP contribution in [-0.4, -0.2) is 26.5 Å². The monoisotopic (exact) mass is 429 g/mol. The van der Waals surface area contributed by atoms with Gasteiger partial charge in [0.1, 0.15) is 9.92 Å². The summed E-state index contributed by atoms with van der Waals surface area (Å²) in [5.41, 5.74) is 5.94. The van der Waals surface area contributed by atoms with Crippen LogP contribution in [0.15, 0.2) is 11.0 Å². The average Bonchev–Trinajstić information content (AvgIpc) is 3.42. The molecule has 2 heterocycles. The predicted octanol–water partition coefficient (Wildman–Crippen LogP) is 3.13. The fourth-order valence-corrected chi connectivity index (χ4v) is 6.07. The van der Waals surface area contributed by atoms with Gasteiger partial charge in [-0.3, -0.25) is 4.79 Å². The highest BCUT2D eigenvalue weighted by molar-refractivity contribution is 7.90. The summed E-state index contributed by atoms with van der Waals surface area (Å²) in [4.78, 5) is 13.3. The van der Waals surface area contributed by atoms with Gasteiger partial charge in [-0.1, -0.05) is 13.0 Å². The van der Waals surface area contributed by atoms with E-state index in [1.807, 2.05) is 0 Å². The van der Waals surface area contributed by atoms with Crippen LogP contribution < -0.4 is 15.2 Å². The number of aromatic nitrogens is 2. The van der Waals surface area contributed by atoms with Crippen LogP contribution in [0.1, 0.15) is 71.3 Å². The quantitative estimate of drug-likeness (QED) is 0.691. The number of rotatable bonds is 4. The predicted molar refractivity (Wildman–Crippen MR) is 113 cm³/mol. The van der Waals surface area contributed by atoms with Crippen LogP contribution >= 0.6 is 0 Å². The molecular formula is C21H27N5O3S. The highest BCUT2D eigenvalue weighted by atomic mass is 32.2. The molecule has 3 aliphatic rings. The number of nitrogens with one attached hydrogen (secondary N) is 2. The second kappa shape index (κ2) is 7.09. The minimum Gasteiger partial charge on any atom is -0.477 e. The minimum absolute atomic E-state index is 0.0650. The van der Waals surface area contributed by atoms with Crippen molar-refractivity contribution >= 4 is 21.5 Å². The number of carbonyl (C=O) groups is 1. The van der Waals surface area contributed by atoms with Crippen LogP contribution in [0.3, 0.4) is 0 Å². The lowest BCUT2D eigenvalue weighted by atomic mass is 9.92. The summed E-state index contributed by atoms with van der Waals surface area (Å²) >= 11 is 0. The number of nitrogens with two attached hydrogens (primary N) is 1. The Morgan fingerprint density at radius 2 is 2.20 bits per heavy atom. The van der Waals surface area contributed by atoms with Crippen LogP contribution in [0.25, 0.3) is 0 Å². The topological polar surface area (TPSA) is 123 Å². The molecule has 0 radical (unpaired) electrons. The first-order valence-corrected chi connectivity index (χ1v) is 12.3. The summed E-state index contributed by atoms with van der Waals surface area (Å²) in [7, 11) is -3.68. The molecule has 0 spiro atoms. The molecule has 5 rings (SSSR count). The lowest BCUT2D eigenvalue weighted by molar-refractivity contribution is 0.101. The fourth-order valence-electron chi connectivity index (χ4n) is 5.22. The normalized spacial score (nSPS) is 21.3. The number of amides is 1. The molecule has 1 unspecified atom stereocenters. The molecule has 0 saturated heterocycles. The first-order chi connectivity index (χ1) is 14.4. The summed E-state index contributed by atoms with van der Waals surface area (Å²) in [6, 6.07) is 2.33. The molecule has 1 aromatic heterocycles. The van der Waals surface area contributed by atoms with E-state index in [0.29, 0.717) is 19.1 Å². The van der Waals surface area contributed by atoms with Crippen molar-refractivity contribution in [1.82, 2.24) is 9.78 Å². The van der Waals surface area contributed by atoms with E-state index in [1.54, 1.807) is 0 Å². The summed E-state index contributed by atoms with van der Waals surface area (Å²) in [5.74, 6) is 0.142. The molecule has 160 valence electrons. The number of hydrogen-bond donors (Lipinski definition) is 3. The van der Waals surface area contributed by atoms with Crippen LogP contribution in [0.5, 0.6) is 5.88 Å². The zero-order valence-corrected chi connectivity index (χ0v) is 17.9. The molecule has 0 fully saturated rings. The molecule has 2 atom stereocenters. The van der Waals surface area contributed by atoms with Gasteiger partial charge in [-0.05, 0) is 66.7 Å². The first-order valence-electron chi connectivity index (χ1n) is 10.7. The van der Waals surface area contributed by atoms with E-state index in [1.165, 1.54) is 26.9 Å². The summed E-state index contributed by atoms with van der Waals surface area (Å²) in [6.07, 6.45) is 6.94. The van der Waals surface area contributed by atoms with Gasteiger partial charge in [-0.2, -0.15) is 5.10 Å². The lowest BCUT2D eigenvalue weighted by Gasteiger charge is -2.19. The molecule has 8 nitrogen and oxygen atoms in total. The van der Waals surface area contributed by atoms with Crippen molar-refractivity contribution in [3.05, 3.63) is 34.0 Å². The molecule has 0 bridgehead atoms. The van der Waals surface area contributed by atoms with Crippen LogP contribution in [0, 0.1) is 4.78 Å². The van der Waals surface area contributed by atoms with Gasteiger partial charge in [0, 0.05) is 18.7 Å². The van der Waals surface area contributed by atoms with Crippen molar-refractivity contribution in [2.75, 3.05) is 11.9 Å². The minimum atomic E-state index is -3.68. The second-order valence-corrected chi connectivity index (χ2v) is 10.0. The number of carbonyl (C=O) groups excluding carboxylic acids is 1. The smallest absolute Gasteiger partial charge is 0.277 e. The van der Waals surface area contributed by atoms with E-state index in [2.05, 4.69) is 23.4 Å². The van der Waals surface area contributed by atoms with Gasteiger partial charge in [-0.25, -0.2) is 18.8 Å². The van der Waals surface area contributed by atoms with Gasteiger partial charge < -0.3 is 10.1 Å². The third-order valence-electron chi connectivity index (χ3n) is 6.56. The number of hydrogen-bond acceptors (Lipinski definition) is 5. The Morgan fingerprint density at radius 1 is 1.37 bits per heavy atom. The molecule has 30 heavy (non-hydrogen) atoms.